The van der Waals surface area contributed by atoms with Crippen LogP contribution >= 0.6 is 0 Å². The first kappa shape index (κ1) is 23.7. The number of rotatable bonds is 10. The summed E-state index contributed by atoms with van der Waals surface area (Å²) in [4.78, 5) is 13.3. The first-order valence-electron chi connectivity index (χ1n) is 12.2. The van der Waals surface area contributed by atoms with Crippen LogP contribution in [-0.2, 0) is 19.5 Å². The second-order valence-electron chi connectivity index (χ2n) is 9.33. The lowest BCUT2D eigenvalue weighted by Gasteiger charge is -2.11. The standard InChI is InChI=1S/C27H34N6O/c1-5-6-17-32-20(4)25(16-11-19(2)3)33(27(32)34)18-21-12-14-22(15-13-21)23-9-7-8-10-24(23)26-28-30-31-29-26/h7-10,12-15,19H,5-6,11,16-18H2,1-4H3,(H,28,29,30,31). The smallest absolute Gasteiger partial charge is 0.296 e. The molecule has 178 valence electrons. The Morgan fingerprint density at radius 1 is 1.00 bits per heavy atom. The van der Waals surface area contributed by atoms with Gasteiger partial charge in [0, 0.05) is 23.5 Å². The van der Waals surface area contributed by atoms with Gasteiger partial charge in [-0.2, -0.15) is 0 Å². The van der Waals surface area contributed by atoms with Crippen LogP contribution in [0.5, 0.6) is 0 Å². The zero-order valence-corrected chi connectivity index (χ0v) is 20.6. The largest absolute Gasteiger partial charge is 0.328 e. The summed E-state index contributed by atoms with van der Waals surface area (Å²) >= 11 is 0. The van der Waals surface area contributed by atoms with E-state index in [1.807, 2.05) is 27.3 Å². The number of nitrogens with zero attached hydrogens (tertiary/aromatic N) is 5. The maximum absolute atomic E-state index is 13.3. The van der Waals surface area contributed by atoms with Gasteiger partial charge in [0.1, 0.15) is 0 Å². The molecular weight excluding hydrogens is 424 g/mol. The summed E-state index contributed by atoms with van der Waals surface area (Å²) in [6.45, 7) is 10.1. The van der Waals surface area contributed by atoms with Crippen molar-refractivity contribution in [3.05, 3.63) is 76.0 Å². The molecule has 7 heteroatoms. The minimum atomic E-state index is 0.108. The van der Waals surface area contributed by atoms with E-state index in [0.717, 1.165) is 60.2 Å². The van der Waals surface area contributed by atoms with Crippen molar-refractivity contribution >= 4 is 0 Å². The third kappa shape index (κ3) is 5.03. The summed E-state index contributed by atoms with van der Waals surface area (Å²) in [5, 5.41) is 14.3. The lowest BCUT2D eigenvalue weighted by Crippen LogP contribution is -2.26. The van der Waals surface area contributed by atoms with Gasteiger partial charge in [-0.05, 0) is 59.2 Å². The minimum absolute atomic E-state index is 0.108. The fourth-order valence-electron chi connectivity index (χ4n) is 4.43. The second kappa shape index (κ2) is 10.6. The molecule has 0 aliphatic rings. The zero-order valence-electron chi connectivity index (χ0n) is 20.6. The molecule has 2 aromatic heterocycles. The number of aromatic amines is 1. The first-order chi connectivity index (χ1) is 16.5. The Labute approximate surface area is 200 Å². The van der Waals surface area contributed by atoms with Crippen LogP contribution in [0.15, 0.2) is 53.3 Å². The van der Waals surface area contributed by atoms with Crippen molar-refractivity contribution in [2.45, 2.75) is 66.5 Å². The fraction of sp³-hybridized carbons (Fsp3) is 0.407. The highest BCUT2D eigenvalue weighted by molar-refractivity contribution is 5.80. The predicted octanol–water partition coefficient (Wildman–Crippen LogP) is 5.24. The van der Waals surface area contributed by atoms with Crippen LogP contribution in [0, 0.1) is 12.8 Å². The molecule has 0 saturated carbocycles. The van der Waals surface area contributed by atoms with E-state index in [4.69, 9.17) is 0 Å². The highest BCUT2D eigenvalue weighted by atomic mass is 16.1. The highest BCUT2D eigenvalue weighted by Crippen LogP contribution is 2.30. The van der Waals surface area contributed by atoms with Crippen molar-refractivity contribution in [2.24, 2.45) is 5.92 Å². The third-order valence-electron chi connectivity index (χ3n) is 6.44. The number of tetrazole rings is 1. The van der Waals surface area contributed by atoms with Crippen molar-refractivity contribution < 1.29 is 0 Å². The normalized spacial score (nSPS) is 11.4. The number of H-pyrrole nitrogens is 1. The maximum atomic E-state index is 13.3. The van der Waals surface area contributed by atoms with Gasteiger partial charge in [-0.15, -0.1) is 5.10 Å². The topological polar surface area (TPSA) is 81.4 Å². The Kier molecular flexibility index (Phi) is 7.40. The number of unbranched alkanes of at least 4 members (excludes halogenated alkanes) is 1. The Balaban J connectivity index is 1.64. The van der Waals surface area contributed by atoms with Gasteiger partial charge in [-0.25, -0.2) is 9.89 Å². The number of hydrogen-bond donors (Lipinski definition) is 1. The van der Waals surface area contributed by atoms with Gasteiger partial charge in [0.25, 0.3) is 0 Å². The van der Waals surface area contributed by atoms with Crippen molar-refractivity contribution in [1.29, 1.82) is 0 Å². The number of nitrogens with one attached hydrogen (secondary N) is 1. The highest BCUT2D eigenvalue weighted by Gasteiger charge is 2.17. The zero-order chi connectivity index (χ0) is 24.1. The van der Waals surface area contributed by atoms with Crippen LogP contribution in [0.1, 0.15) is 57.0 Å². The van der Waals surface area contributed by atoms with Crippen molar-refractivity contribution in [2.75, 3.05) is 0 Å². The summed E-state index contributed by atoms with van der Waals surface area (Å²) in [7, 11) is 0. The number of aromatic nitrogens is 6. The van der Waals surface area contributed by atoms with Gasteiger partial charge in [-0.1, -0.05) is 75.7 Å². The van der Waals surface area contributed by atoms with E-state index in [0.29, 0.717) is 18.3 Å². The summed E-state index contributed by atoms with van der Waals surface area (Å²) < 4.78 is 3.95. The van der Waals surface area contributed by atoms with Gasteiger partial charge < -0.3 is 0 Å². The Bertz CT molecular complexity index is 1270. The molecule has 0 aliphatic heterocycles. The van der Waals surface area contributed by atoms with E-state index in [1.54, 1.807) is 0 Å². The molecule has 0 saturated heterocycles. The molecule has 4 rings (SSSR count). The van der Waals surface area contributed by atoms with E-state index in [1.165, 1.54) is 5.69 Å². The van der Waals surface area contributed by atoms with Crippen LogP contribution in [0.25, 0.3) is 22.5 Å². The SMILES string of the molecule is CCCCn1c(C)c(CCC(C)C)n(Cc2ccc(-c3ccccc3-c3nnn[nH]3)cc2)c1=O. The molecule has 2 heterocycles. The van der Waals surface area contributed by atoms with E-state index < -0.39 is 0 Å². The molecule has 0 amide bonds. The monoisotopic (exact) mass is 458 g/mol. The van der Waals surface area contributed by atoms with Crippen LogP contribution in [-0.4, -0.2) is 29.8 Å². The molecule has 7 nitrogen and oxygen atoms in total. The Morgan fingerprint density at radius 3 is 2.38 bits per heavy atom. The Hall–Kier alpha value is -3.48. The molecular formula is C27H34N6O. The third-order valence-corrected chi connectivity index (χ3v) is 6.44. The van der Waals surface area contributed by atoms with Crippen LogP contribution < -0.4 is 5.69 Å². The quantitative estimate of drug-likeness (QED) is 0.352. The van der Waals surface area contributed by atoms with Crippen LogP contribution in [0.4, 0.5) is 0 Å². The predicted molar refractivity (Wildman–Crippen MR) is 136 cm³/mol. The first-order valence-corrected chi connectivity index (χ1v) is 12.2. The van der Waals surface area contributed by atoms with Crippen molar-refractivity contribution in [3.8, 4) is 22.5 Å². The summed E-state index contributed by atoms with van der Waals surface area (Å²) in [6, 6.07) is 16.5. The van der Waals surface area contributed by atoms with E-state index in [2.05, 4.69) is 78.7 Å². The van der Waals surface area contributed by atoms with Crippen LogP contribution in [0.3, 0.4) is 0 Å². The molecule has 0 radical (unpaired) electrons. The van der Waals surface area contributed by atoms with Crippen molar-refractivity contribution in [3.63, 3.8) is 0 Å². The number of hydrogen-bond acceptors (Lipinski definition) is 4. The minimum Gasteiger partial charge on any atom is -0.296 e. The lowest BCUT2D eigenvalue weighted by atomic mass is 9.98. The average Bonchev–Trinajstić information content (AvgIpc) is 3.45. The summed E-state index contributed by atoms with van der Waals surface area (Å²) in [5.41, 5.74) is 6.60. The molecule has 0 atom stereocenters. The number of benzene rings is 2. The van der Waals surface area contributed by atoms with E-state index in [-0.39, 0.29) is 5.69 Å². The average molecular weight is 459 g/mol. The molecule has 0 bridgehead atoms. The molecule has 0 aliphatic carbocycles. The molecule has 0 fully saturated rings. The van der Waals surface area contributed by atoms with Gasteiger partial charge in [-0.3, -0.25) is 9.13 Å². The van der Waals surface area contributed by atoms with Gasteiger partial charge in [0.15, 0.2) is 5.82 Å². The molecule has 2 aromatic carbocycles. The van der Waals surface area contributed by atoms with Gasteiger partial charge in [0.2, 0.25) is 0 Å². The fourth-order valence-corrected chi connectivity index (χ4v) is 4.43. The Morgan fingerprint density at radius 2 is 1.74 bits per heavy atom. The molecule has 0 unspecified atom stereocenters. The lowest BCUT2D eigenvalue weighted by molar-refractivity contribution is 0.563. The molecule has 1 N–H and O–H groups in total. The maximum Gasteiger partial charge on any atom is 0.328 e. The van der Waals surface area contributed by atoms with Crippen LogP contribution in [0.2, 0.25) is 0 Å². The number of imidazole rings is 1. The molecule has 0 spiro atoms. The summed E-state index contributed by atoms with van der Waals surface area (Å²) in [6.07, 6.45) is 4.09. The van der Waals surface area contributed by atoms with E-state index in [9.17, 15) is 4.79 Å². The van der Waals surface area contributed by atoms with Gasteiger partial charge in [0.05, 0.1) is 6.54 Å². The molecule has 4 aromatic rings. The summed E-state index contributed by atoms with van der Waals surface area (Å²) in [5.74, 6) is 1.24. The van der Waals surface area contributed by atoms with E-state index >= 15 is 0 Å². The van der Waals surface area contributed by atoms with Gasteiger partial charge >= 0.3 is 5.69 Å². The molecule has 34 heavy (non-hydrogen) atoms. The van der Waals surface area contributed by atoms with Crippen molar-refractivity contribution in [1.82, 2.24) is 29.8 Å². The second-order valence-corrected chi connectivity index (χ2v) is 9.33.